The molecule has 0 unspecified atom stereocenters. The predicted octanol–water partition coefficient (Wildman–Crippen LogP) is 2.11. The summed E-state index contributed by atoms with van der Waals surface area (Å²) in [7, 11) is -0.738. The van der Waals surface area contributed by atoms with Gasteiger partial charge in [0, 0.05) is 25.9 Å². The number of hydrogen-bond acceptors (Lipinski definition) is 6. The average molecular weight is 457 g/mol. The van der Waals surface area contributed by atoms with Crippen LogP contribution in [0.25, 0.3) is 0 Å². The molecule has 0 fully saturated rings. The fourth-order valence-electron chi connectivity index (χ4n) is 3.01. The summed E-state index contributed by atoms with van der Waals surface area (Å²) in [5.41, 5.74) is -0.323. The van der Waals surface area contributed by atoms with Crippen molar-refractivity contribution in [2.24, 2.45) is 18.4 Å². The smallest absolute Gasteiger partial charge is 0.333 e. The van der Waals surface area contributed by atoms with Gasteiger partial charge in [-0.25, -0.2) is 18.2 Å². The van der Waals surface area contributed by atoms with Gasteiger partial charge in [0.15, 0.2) is 5.03 Å². The van der Waals surface area contributed by atoms with E-state index in [1.54, 1.807) is 54.8 Å². The van der Waals surface area contributed by atoms with Crippen LogP contribution in [-0.4, -0.2) is 60.5 Å². The van der Waals surface area contributed by atoms with Crippen molar-refractivity contribution in [3.05, 3.63) is 24.2 Å². The molecular formula is C21H36N4O5S. The number of nitrogens with zero attached hydrogens (tertiary/aromatic N) is 3. The van der Waals surface area contributed by atoms with E-state index >= 15 is 0 Å². The minimum atomic E-state index is -4.01. The first-order valence-corrected chi connectivity index (χ1v) is 11.7. The lowest BCUT2D eigenvalue weighted by molar-refractivity contribution is -0.139. The number of aryl methyl sites for hydroxylation is 1. The summed E-state index contributed by atoms with van der Waals surface area (Å²) >= 11 is 0. The van der Waals surface area contributed by atoms with Crippen molar-refractivity contribution >= 4 is 21.9 Å². The quantitative estimate of drug-likeness (QED) is 0.450. The second-order valence-electron chi connectivity index (χ2n) is 9.05. The van der Waals surface area contributed by atoms with Crippen molar-refractivity contribution in [2.75, 3.05) is 13.7 Å². The zero-order valence-corrected chi connectivity index (χ0v) is 20.8. The molecule has 0 aliphatic carbocycles. The van der Waals surface area contributed by atoms with E-state index in [9.17, 15) is 18.0 Å². The third-order valence-electron chi connectivity index (χ3n) is 4.84. The topological polar surface area (TPSA) is 111 Å². The molecule has 1 N–H and O–H groups in total. The summed E-state index contributed by atoms with van der Waals surface area (Å²) in [4.78, 5) is 30.9. The molecule has 0 aliphatic heterocycles. The van der Waals surface area contributed by atoms with Crippen molar-refractivity contribution in [3.63, 3.8) is 0 Å². The Bertz CT molecular complexity index is 912. The monoisotopic (exact) mass is 456 g/mol. The number of nitrogens with one attached hydrogen (secondary N) is 1. The zero-order chi connectivity index (χ0) is 24.1. The molecule has 0 aliphatic rings. The maximum Gasteiger partial charge on any atom is 0.333 e. The van der Waals surface area contributed by atoms with Crippen LogP contribution in [0, 0.1) is 11.3 Å². The van der Waals surface area contributed by atoms with Crippen LogP contribution in [0.5, 0.6) is 0 Å². The minimum absolute atomic E-state index is 0.0219. The first-order chi connectivity index (χ1) is 14.1. The molecule has 0 spiro atoms. The Morgan fingerprint density at radius 2 is 1.90 bits per heavy atom. The Labute approximate surface area is 185 Å². The minimum Gasteiger partial charge on any atom is -0.463 e. The SMILES string of the molecule is CCOC(=O)C(C)=C[C@H](C(C)C)N(C)C(=O)[C@@H](NS(=O)(=O)c1cn(C)cn1)C(C)(C)C. The number of likely N-dealkylation sites (N-methyl/N-ethyl adjacent to an activating group) is 1. The number of aromatic nitrogens is 2. The number of amides is 1. The van der Waals surface area contributed by atoms with Gasteiger partial charge < -0.3 is 14.2 Å². The average Bonchev–Trinajstić information content (AvgIpc) is 3.09. The Kier molecular flexibility index (Phi) is 9.01. The molecule has 31 heavy (non-hydrogen) atoms. The standard InChI is InChI=1S/C21H36N4O5S/c1-10-30-20(27)15(4)11-16(14(2)3)25(9)19(26)18(21(5,6)7)23-31(28,29)17-12-24(8)13-22-17/h11-14,16,18,23H,10H2,1-9H3/t16-,18-/m1/s1. The molecular weight excluding hydrogens is 420 g/mol. The van der Waals surface area contributed by atoms with Crippen molar-refractivity contribution < 1.29 is 22.7 Å². The maximum absolute atomic E-state index is 13.5. The lowest BCUT2D eigenvalue weighted by atomic mass is 9.86. The number of carbonyl (C=O) groups is 2. The van der Waals surface area contributed by atoms with Crippen molar-refractivity contribution in [1.29, 1.82) is 0 Å². The lowest BCUT2D eigenvalue weighted by Crippen LogP contribution is -2.56. The van der Waals surface area contributed by atoms with Crippen LogP contribution in [0.2, 0.25) is 0 Å². The van der Waals surface area contributed by atoms with Crippen molar-refractivity contribution in [2.45, 2.75) is 65.6 Å². The van der Waals surface area contributed by atoms with Crippen LogP contribution >= 0.6 is 0 Å². The summed E-state index contributed by atoms with van der Waals surface area (Å²) in [5, 5.41) is -0.154. The first-order valence-electron chi connectivity index (χ1n) is 10.2. The van der Waals surface area contributed by atoms with Gasteiger partial charge in [-0.1, -0.05) is 40.7 Å². The van der Waals surface area contributed by atoms with Gasteiger partial charge in [-0.2, -0.15) is 4.72 Å². The van der Waals surface area contributed by atoms with Gasteiger partial charge in [0.05, 0.1) is 19.0 Å². The van der Waals surface area contributed by atoms with E-state index in [0.717, 1.165) is 0 Å². The summed E-state index contributed by atoms with van der Waals surface area (Å²) in [6, 6.07) is -1.47. The molecule has 0 bridgehead atoms. The molecule has 2 atom stereocenters. The van der Waals surface area contributed by atoms with Gasteiger partial charge in [-0.3, -0.25) is 4.79 Å². The van der Waals surface area contributed by atoms with Gasteiger partial charge in [-0.05, 0) is 25.2 Å². The van der Waals surface area contributed by atoms with Gasteiger partial charge in [0.2, 0.25) is 5.91 Å². The normalized spacial score (nSPS) is 15.0. The molecule has 10 heteroatoms. The molecule has 1 aromatic rings. The zero-order valence-electron chi connectivity index (χ0n) is 20.0. The lowest BCUT2D eigenvalue weighted by Gasteiger charge is -2.37. The number of esters is 1. The van der Waals surface area contributed by atoms with Crippen molar-refractivity contribution in [3.8, 4) is 0 Å². The molecule has 1 amide bonds. The molecule has 0 saturated heterocycles. The molecule has 0 radical (unpaired) electrons. The second kappa shape index (κ2) is 10.4. The number of rotatable bonds is 9. The Morgan fingerprint density at radius 3 is 2.32 bits per heavy atom. The van der Waals surface area contributed by atoms with Crippen LogP contribution < -0.4 is 4.72 Å². The van der Waals surface area contributed by atoms with Gasteiger partial charge in [-0.15, -0.1) is 0 Å². The summed E-state index contributed by atoms with van der Waals surface area (Å²) in [6.45, 7) is 12.8. The third-order valence-corrected chi connectivity index (χ3v) is 6.15. The van der Waals surface area contributed by atoms with E-state index in [0.29, 0.717) is 5.57 Å². The molecule has 1 heterocycles. The number of sulfonamides is 1. The predicted molar refractivity (Wildman–Crippen MR) is 119 cm³/mol. The highest BCUT2D eigenvalue weighted by Crippen LogP contribution is 2.25. The fraction of sp³-hybridized carbons (Fsp3) is 0.667. The highest BCUT2D eigenvalue weighted by atomic mass is 32.2. The first kappa shape index (κ1) is 26.8. The van der Waals surface area contributed by atoms with E-state index in [1.165, 1.54) is 22.0 Å². The second-order valence-corrected chi connectivity index (χ2v) is 10.7. The van der Waals surface area contributed by atoms with Crippen LogP contribution in [0.1, 0.15) is 48.5 Å². The summed E-state index contributed by atoms with van der Waals surface area (Å²) < 4.78 is 34.8. The highest BCUT2D eigenvalue weighted by molar-refractivity contribution is 7.89. The number of imidazole rings is 1. The Hall–Kier alpha value is -2.20. The Balaban J connectivity index is 3.26. The highest BCUT2D eigenvalue weighted by Gasteiger charge is 2.39. The summed E-state index contributed by atoms with van der Waals surface area (Å²) in [6.07, 6.45) is 4.44. The van der Waals surface area contributed by atoms with Crippen LogP contribution in [0.3, 0.4) is 0 Å². The fourth-order valence-corrected chi connectivity index (χ4v) is 4.39. The van der Waals surface area contributed by atoms with Gasteiger partial charge in [0.1, 0.15) is 6.04 Å². The molecule has 0 saturated carbocycles. The van der Waals surface area contributed by atoms with Crippen LogP contribution in [-0.2, 0) is 31.4 Å². The molecule has 1 aromatic heterocycles. The number of hydrogen-bond donors (Lipinski definition) is 1. The maximum atomic E-state index is 13.5. The number of carbonyl (C=O) groups excluding carboxylic acids is 2. The summed E-state index contributed by atoms with van der Waals surface area (Å²) in [5.74, 6) is -0.873. The van der Waals surface area contributed by atoms with E-state index in [2.05, 4.69) is 9.71 Å². The van der Waals surface area contributed by atoms with E-state index < -0.39 is 39.4 Å². The largest absolute Gasteiger partial charge is 0.463 e. The van der Waals surface area contributed by atoms with E-state index in [-0.39, 0.29) is 17.6 Å². The van der Waals surface area contributed by atoms with E-state index in [1.807, 2.05) is 13.8 Å². The van der Waals surface area contributed by atoms with Gasteiger partial charge in [0.25, 0.3) is 10.0 Å². The number of ether oxygens (including phenoxy) is 1. The molecule has 1 rings (SSSR count). The van der Waals surface area contributed by atoms with Gasteiger partial charge >= 0.3 is 5.97 Å². The van der Waals surface area contributed by atoms with Crippen molar-refractivity contribution in [1.82, 2.24) is 19.2 Å². The third kappa shape index (κ3) is 7.17. The molecule has 176 valence electrons. The van der Waals surface area contributed by atoms with Crippen LogP contribution in [0.4, 0.5) is 0 Å². The molecule has 0 aromatic carbocycles. The van der Waals surface area contributed by atoms with E-state index in [4.69, 9.17) is 4.74 Å². The Morgan fingerprint density at radius 1 is 1.32 bits per heavy atom. The molecule has 9 nitrogen and oxygen atoms in total. The van der Waals surface area contributed by atoms with Crippen LogP contribution in [0.15, 0.2) is 29.2 Å².